The molecule has 3 heteroatoms. The maximum atomic E-state index is 12.2. The molecule has 1 rings (SSSR count). The molecule has 0 saturated carbocycles. The van der Waals surface area contributed by atoms with Crippen LogP contribution < -0.4 is 10.6 Å². The van der Waals surface area contributed by atoms with Crippen LogP contribution in [0.1, 0.15) is 66.2 Å². The smallest absolute Gasteiger partial charge is 0.222 e. The number of rotatable bonds is 6. The maximum absolute atomic E-state index is 12.2. The van der Waals surface area contributed by atoms with Gasteiger partial charge in [0.15, 0.2) is 0 Å². The molecule has 1 saturated heterocycles. The zero-order chi connectivity index (χ0) is 13.6. The minimum absolute atomic E-state index is 0.00892. The summed E-state index contributed by atoms with van der Waals surface area (Å²) in [4.78, 5) is 12.2. The Bertz CT molecular complexity index is 253. The zero-order valence-electron chi connectivity index (χ0n) is 12.5. The molecule has 106 valence electrons. The van der Waals surface area contributed by atoms with E-state index in [2.05, 4.69) is 38.3 Å². The number of hydrogen-bond acceptors (Lipinski definition) is 2. The highest BCUT2D eigenvalue weighted by Crippen LogP contribution is 2.21. The molecular weight excluding hydrogens is 224 g/mol. The van der Waals surface area contributed by atoms with E-state index in [1.807, 2.05) is 0 Å². The fourth-order valence-electron chi connectivity index (χ4n) is 2.95. The van der Waals surface area contributed by atoms with E-state index in [9.17, 15) is 4.79 Å². The number of amides is 1. The predicted molar refractivity (Wildman–Crippen MR) is 76.6 cm³/mol. The van der Waals surface area contributed by atoms with Gasteiger partial charge in [-0.3, -0.25) is 4.79 Å². The van der Waals surface area contributed by atoms with Gasteiger partial charge in [-0.1, -0.05) is 27.7 Å². The Morgan fingerprint density at radius 2 is 1.89 bits per heavy atom. The predicted octanol–water partition coefficient (Wildman–Crippen LogP) is 2.85. The average molecular weight is 254 g/mol. The lowest BCUT2D eigenvalue weighted by Crippen LogP contribution is -2.50. The number of nitrogens with one attached hydrogen (secondary N) is 2. The SMILES string of the molecule is CCC(CC)(CC)NC(=O)CC1NCCCC1C. The van der Waals surface area contributed by atoms with E-state index in [1.165, 1.54) is 12.8 Å². The second-order valence-corrected chi connectivity index (χ2v) is 5.77. The lowest BCUT2D eigenvalue weighted by atomic mass is 9.87. The fraction of sp³-hybridized carbons (Fsp3) is 0.933. The van der Waals surface area contributed by atoms with Crippen LogP contribution in [0.4, 0.5) is 0 Å². The summed E-state index contributed by atoms with van der Waals surface area (Å²) in [5, 5.41) is 6.75. The van der Waals surface area contributed by atoms with Gasteiger partial charge in [0.2, 0.25) is 5.91 Å². The van der Waals surface area contributed by atoms with E-state index in [0.29, 0.717) is 18.4 Å². The van der Waals surface area contributed by atoms with Crippen LogP contribution in [0.25, 0.3) is 0 Å². The molecule has 3 nitrogen and oxygen atoms in total. The number of hydrogen-bond donors (Lipinski definition) is 2. The summed E-state index contributed by atoms with van der Waals surface area (Å²) >= 11 is 0. The molecule has 0 bridgehead atoms. The van der Waals surface area contributed by atoms with Gasteiger partial charge in [0.05, 0.1) is 0 Å². The van der Waals surface area contributed by atoms with Crippen molar-refractivity contribution in [3.63, 3.8) is 0 Å². The molecule has 0 aromatic rings. The normalized spacial score (nSPS) is 24.9. The first-order chi connectivity index (χ1) is 8.56. The summed E-state index contributed by atoms with van der Waals surface area (Å²) in [6.45, 7) is 9.79. The van der Waals surface area contributed by atoms with Crippen LogP contribution in [0, 0.1) is 5.92 Å². The number of carbonyl (C=O) groups is 1. The molecule has 1 amide bonds. The van der Waals surface area contributed by atoms with Crippen molar-refractivity contribution in [2.24, 2.45) is 5.92 Å². The molecule has 2 atom stereocenters. The van der Waals surface area contributed by atoms with Crippen molar-refractivity contribution in [3.8, 4) is 0 Å². The van der Waals surface area contributed by atoms with Crippen LogP contribution in [0.15, 0.2) is 0 Å². The molecule has 1 aliphatic heterocycles. The van der Waals surface area contributed by atoms with Crippen LogP contribution in [0.2, 0.25) is 0 Å². The lowest BCUT2D eigenvalue weighted by molar-refractivity contribution is -0.124. The summed E-state index contributed by atoms with van der Waals surface area (Å²) in [5.74, 6) is 0.829. The quantitative estimate of drug-likeness (QED) is 0.765. The highest BCUT2D eigenvalue weighted by atomic mass is 16.1. The van der Waals surface area contributed by atoms with E-state index in [4.69, 9.17) is 0 Å². The van der Waals surface area contributed by atoms with Gasteiger partial charge >= 0.3 is 0 Å². The summed E-state index contributed by atoms with van der Waals surface area (Å²) < 4.78 is 0. The van der Waals surface area contributed by atoms with Crippen molar-refractivity contribution in [1.29, 1.82) is 0 Å². The molecule has 0 radical (unpaired) electrons. The minimum Gasteiger partial charge on any atom is -0.351 e. The van der Waals surface area contributed by atoms with Crippen molar-refractivity contribution < 1.29 is 4.79 Å². The number of piperidine rings is 1. The first-order valence-electron chi connectivity index (χ1n) is 7.61. The van der Waals surface area contributed by atoms with Gasteiger partial charge in [0, 0.05) is 18.0 Å². The van der Waals surface area contributed by atoms with Gasteiger partial charge < -0.3 is 10.6 Å². The summed E-state index contributed by atoms with van der Waals surface area (Å²) in [6, 6.07) is 0.363. The third-order valence-corrected chi connectivity index (χ3v) is 4.77. The molecule has 0 spiro atoms. The van der Waals surface area contributed by atoms with Crippen molar-refractivity contribution in [1.82, 2.24) is 10.6 Å². The molecule has 18 heavy (non-hydrogen) atoms. The van der Waals surface area contributed by atoms with E-state index >= 15 is 0 Å². The first-order valence-corrected chi connectivity index (χ1v) is 7.61. The van der Waals surface area contributed by atoms with E-state index < -0.39 is 0 Å². The van der Waals surface area contributed by atoms with Gasteiger partial charge in [0.1, 0.15) is 0 Å². The fourth-order valence-corrected chi connectivity index (χ4v) is 2.95. The minimum atomic E-state index is 0.00892. The zero-order valence-corrected chi connectivity index (χ0v) is 12.5. The second-order valence-electron chi connectivity index (χ2n) is 5.77. The highest BCUT2D eigenvalue weighted by Gasteiger charge is 2.28. The molecule has 1 heterocycles. The van der Waals surface area contributed by atoms with Crippen LogP contribution in [0.3, 0.4) is 0 Å². The van der Waals surface area contributed by atoms with E-state index in [1.54, 1.807) is 0 Å². The van der Waals surface area contributed by atoms with Gasteiger partial charge in [0.25, 0.3) is 0 Å². The topological polar surface area (TPSA) is 41.1 Å². The lowest BCUT2D eigenvalue weighted by Gasteiger charge is -2.34. The summed E-state index contributed by atoms with van der Waals surface area (Å²) in [6.07, 6.45) is 6.15. The van der Waals surface area contributed by atoms with E-state index in [-0.39, 0.29) is 11.4 Å². The monoisotopic (exact) mass is 254 g/mol. The molecule has 0 aliphatic carbocycles. The molecule has 1 fully saturated rings. The molecule has 1 aliphatic rings. The van der Waals surface area contributed by atoms with Gasteiger partial charge in [-0.25, -0.2) is 0 Å². The molecule has 0 aromatic carbocycles. The Balaban J connectivity index is 2.49. The van der Waals surface area contributed by atoms with Crippen LogP contribution in [-0.4, -0.2) is 24.0 Å². The van der Waals surface area contributed by atoms with Crippen LogP contribution in [-0.2, 0) is 4.79 Å². The van der Waals surface area contributed by atoms with Gasteiger partial charge in [-0.05, 0) is 44.6 Å². The van der Waals surface area contributed by atoms with Gasteiger partial charge in [-0.15, -0.1) is 0 Å². The van der Waals surface area contributed by atoms with Crippen molar-refractivity contribution in [3.05, 3.63) is 0 Å². The van der Waals surface area contributed by atoms with Crippen molar-refractivity contribution in [2.75, 3.05) is 6.54 Å². The summed E-state index contributed by atoms with van der Waals surface area (Å²) in [5.41, 5.74) is 0.00892. The molecule has 0 aromatic heterocycles. The third kappa shape index (κ3) is 3.98. The first kappa shape index (κ1) is 15.5. The van der Waals surface area contributed by atoms with Crippen molar-refractivity contribution in [2.45, 2.75) is 77.8 Å². The van der Waals surface area contributed by atoms with Crippen molar-refractivity contribution >= 4 is 5.91 Å². The molecule has 2 N–H and O–H groups in total. The third-order valence-electron chi connectivity index (χ3n) is 4.77. The summed E-state index contributed by atoms with van der Waals surface area (Å²) in [7, 11) is 0. The average Bonchev–Trinajstić information content (AvgIpc) is 2.39. The Morgan fingerprint density at radius 1 is 1.28 bits per heavy atom. The van der Waals surface area contributed by atoms with Crippen LogP contribution >= 0.6 is 0 Å². The standard InChI is InChI=1S/C15H30N2O/c1-5-15(6-2,7-3)17-14(18)11-13-12(4)9-8-10-16-13/h12-13,16H,5-11H2,1-4H3,(H,17,18). The van der Waals surface area contributed by atoms with E-state index in [0.717, 1.165) is 25.8 Å². The highest BCUT2D eigenvalue weighted by molar-refractivity contribution is 5.77. The number of carbonyl (C=O) groups excluding carboxylic acids is 1. The molecule has 2 unspecified atom stereocenters. The largest absolute Gasteiger partial charge is 0.351 e. The molecular formula is C15H30N2O. The van der Waals surface area contributed by atoms with Gasteiger partial charge in [-0.2, -0.15) is 0 Å². The maximum Gasteiger partial charge on any atom is 0.222 e. The Morgan fingerprint density at radius 3 is 2.39 bits per heavy atom. The Kier molecular flexibility index (Phi) is 6.13. The second kappa shape index (κ2) is 7.13. The Labute approximate surface area is 112 Å². The van der Waals surface area contributed by atoms with Crippen LogP contribution in [0.5, 0.6) is 0 Å². The Hall–Kier alpha value is -0.570.